The van der Waals surface area contributed by atoms with Crippen molar-refractivity contribution in [2.24, 2.45) is 0 Å². The lowest BCUT2D eigenvalue weighted by Gasteiger charge is -2.03. The molecule has 2 N–H and O–H groups in total. The molecule has 0 bridgehead atoms. The molecule has 0 saturated heterocycles. The fourth-order valence-corrected chi connectivity index (χ4v) is 2.38. The molecule has 94 valence electrons. The Morgan fingerprint density at radius 1 is 1.28 bits per heavy atom. The van der Waals surface area contributed by atoms with Crippen LogP contribution in [-0.4, -0.2) is 11.1 Å². The maximum atomic E-state index is 12.9. The smallest absolute Gasteiger partial charge is 0.345 e. The van der Waals surface area contributed by atoms with Gasteiger partial charge >= 0.3 is 5.97 Å². The van der Waals surface area contributed by atoms with Crippen LogP contribution in [0.3, 0.4) is 0 Å². The van der Waals surface area contributed by atoms with Crippen LogP contribution in [0.1, 0.15) is 20.1 Å². The van der Waals surface area contributed by atoms with Crippen LogP contribution in [-0.2, 0) is 13.1 Å². The van der Waals surface area contributed by atoms with E-state index in [1.54, 1.807) is 18.2 Å². The van der Waals surface area contributed by atoms with Crippen molar-refractivity contribution in [3.63, 3.8) is 0 Å². The molecule has 0 atom stereocenters. The largest absolute Gasteiger partial charge is 0.477 e. The van der Waals surface area contributed by atoms with E-state index < -0.39 is 5.97 Å². The third kappa shape index (κ3) is 3.38. The molecule has 0 aliphatic heterocycles. The highest BCUT2D eigenvalue weighted by Crippen LogP contribution is 2.16. The quantitative estimate of drug-likeness (QED) is 0.874. The fourth-order valence-electron chi connectivity index (χ4n) is 1.56. The molecule has 3 nitrogen and oxygen atoms in total. The van der Waals surface area contributed by atoms with E-state index in [9.17, 15) is 9.18 Å². The molecule has 18 heavy (non-hydrogen) atoms. The SMILES string of the molecule is O=C(O)c1ccc(CNCc2cccc(F)c2)s1. The highest BCUT2D eigenvalue weighted by atomic mass is 32.1. The van der Waals surface area contributed by atoms with Gasteiger partial charge in [0.15, 0.2) is 0 Å². The predicted molar refractivity (Wildman–Crippen MR) is 68.2 cm³/mol. The van der Waals surface area contributed by atoms with Gasteiger partial charge in [-0.1, -0.05) is 12.1 Å². The second-order valence-corrected chi connectivity index (χ2v) is 4.97. The molecular formula is C13H12FNO2S. The first-order valence-corrected chi connectivity index (χ1v) is 6.24. The van der Waals surface area contributed by atoms with E-state index >= 15 is 0 Å². The molecule has 0 aliphatic carbocycles. The van der Waals surface area contributed by atoms with E-state index in [-0.39, 0.29) is 5.82 Å². The fraction of sp³-hybridized carbons (Fsp3) is 0.154. The van der Waals surface area contributed by atoms with Crippen molar-refractivity contribution in [3.05, 3.63) is 57.5 Å². The molecule has 1 aromatic carbocycles. The van der Waals surface area contributed by atoms with Gasteiger partial charge in [0, 0.05) is 18.0 Å². The zero-order chi connectivity index (χ0) is 13.0. The minimum atomic E-state index is -0.906. The van der Waals surface area contributed by atoms with Crippen LogP contribution in [0.4, 0.5) is 4.39 Å². The number of thiophene rings is 1. The summed E-state index contributed by atoms with van der Waals surface area (Å²) in [5.41, 5.74) is 0.866. The Labute approximate surface area is 108 Å². The molecule has 0 unspecified atom stereocenters. The molecule has 5 heteroatoms. The number of hydrogen-bond acceptors (Lipinski definition) is 3. The van der Waals surface area contributed by atoms with E-state index in [2.05, 4.69) is 5.32 Å². The molecule has 1 aromatic heterocycles. The predicted octanol–water partition coefficient (Wildman–Crippen LogP) is 2.88. The molecule has 0 radical (unpaired) electrons. The summed E-state index contributed by atoms with van der Waals surface area (Å²) in [4.78, 5) is 12.0. The van der Waals surface area contributed by atoms with Gasteiger partial charge in [-0.25, -0.2) is 9.18 Å². The number of nitrogens with one attached hydrogen (secondary N) is 1. The Balaban J connectivity index is 1.86. The van der Waals surface area contributed by atoms with E-state index in [0.717, 1.165) is 10.4 Å². The van der Waals surface area contributed by atoms with E-state index in [4.69, 9.17) is 5.11 Å². The Morgan fingerprint density at radius 2 is 2.11 bits per heavy atom. The maximum absolute atomic E-state index is 12.9. The van der Waals surface area contributed by atoms with Gasteiger partial charge in [0.25, 0.3) is 0 Å². The minimum Gasteiger partial charge on any atom is -0.477 e. The molecule has 0 spiro atoms. The number of benzene rings is 1. The van der Waals surface area contributed by atoms with E-state index in [1.807, 2.05) is 6.07 Å². The summed E-state index contributed by atoms with van der Waals surface area (Å²) in [6, 6.07) is 9.76. The Kier molecular flexibility index (Phi) is 4.07. The topological polar surface area (TPSA) is 49.3 Å². The number of rotatable bonds is 5. The van der Waals surface area contributed by atoms with Crippen LogP contribution in [0.5, 0.6) is 0 Å². The van der Waals surface area contributed by atoms with Gasteiger partial charge in [-0.15, -0.1) is 11.3 Å². The average molecular weight is 265 g/mol. The molecule has 2 aromatic rings. The second-order valence-electron chi connectivity index (χ2n) is 3.80. The summed E-state index contributed by atoms with van der Waals surface area (Å²) in [6.45, 7) is 1.13. The van der Waals surface area contributed by atoms with E-state index in [0.29, 0.717) is 18.0 Å². The zero-order valence-electron chi connectivity index (χ0n) is 9.52. The summed E-state index contributed by atoms with van der Waals surface area (Å²) in [5, 5.41) is 11.9. The first-order chi connectivity index (χ1) is 8.65. The van der Waals surface area contributed by atoms with Crippen LogP contribution in [0.25, 0.3) is 0 Å². The number of carbonyl (C=O) groups is 1. The maximum Gasteiger partial charge on any atom is 0.345 e. The van der Waals surface area contributed by atoms with Gasteiger partial charge in [-0.2, -0.15) is 0 Å². The van der Waals surface area contributed by atoms with Crippen LogP contribution in [0.2, 0.25) is 0 Å². The summed E-state index contributed by atoms with van der Waals surface area (Å²) in [7, 11) is 0. The zero-order valence-corrected chi connectivity index (χ0v) is 10.3. The van der Waals surface area contributed by atoms with Crippen LogP contribution in [0, 0.1) is 5.82 Å². The summed E-state index contributed by atoms with van der Waals surface area (Å²) in [6.07, 6.45) is 0. The minimum absolute atomic E-state index is 0.251. The number of carboxylic acids is 1. The standard InChI is InChI=1S/C13H12FNO2S/c14-10-3-1-2-9(6-10)7-15-8-11-4-5-12(18-11)13(16)17/h1-6,15H,7-8H2,(H,16,17). The molecular weight excluding hydrogens is 253 g/mol. The molecule has 0 amide bonds. The van der Waals surface area contributed by atoms with Gasteiger partial charge in [0.05, 0.1) is 0 Å². The van der Waals surface area contributed by atoms with Crippen molar-refractivity contribution in [3.8, 4) is 0 Å². The Hall–Kier alpha value is -1.72. The van der Waals surface area contributed by atoms with Gasteiger partial charge in [0.1, 0.15) is 10.7 Å². The monoisotopic (exact) mass is 265 g/mol. The highest BCUT2D eigenvalue weighted by Gasteiger charge is 2.06. The summed E-state index contributed by atoms with van der Waals surface area (Å²) >= 11 is 1.24. The van der Waals surface area contributed by atoms with Crippen molar-refractivity contribution in [2.45, 2.75) is 13.1 Å². The molecule has 0 fully saturated rings. The second kappa shape index (κ2) is 5.75. The van der Waals surface area contributed by atoms with Crippen molar-refractivity contribution in [2.75, 3.05) is 0 Å². The molecule has 1 heterocycles. The van der Waals surface area contributed by atoms with Crippen molar-refractivity contribution >= 4 is 17.3 Å². The lowest BCUT2D eigenvalue weighted by molar-refractivity contribution is 0.0702. The van der Waals surface area contributed by atoms with Crippen LogP contribution < -0.4 is 5.32 Å². The Bertz CT molecular complexity index is 553. The third-order valence-electron chi connectivity index (χ3n) is 2.39. The van der Waals surface area contributed by atoms with Gasteiger partial charge in [-0.3, -0.25) is 0 Å². The first kappa shape index (κ1) is 12.7. The first-order valence-electron chi connectivity index (χ1n) is 5.42. The van der Waals surface area contributed by atoms with E-state index in [1.165, 1.54) is 23.5 Å². The number of aromatic carboxylic acids is 1. The average Bonchev–Trinajstić information content (AvgIpc) is 2.78. The lowest BCUT2D eigenvalue weighted by atomic mass is 10.2. The molecule has 0 saturated carbocycles. The van der Waals surface area contributed by atoms with Crippen LogP contribution in [0.15, 0.2) is 36.4 Å². The van der Waals surface area contributed by atoms with Gasteiger partial charge in [0.2, 0.25) is 0 Å². The third-order valence-corrected chi connectivity index (χ3v) is 3.46. The Morgan fingerprint density at radius 3 is 2.78 bits per heavy atom. The molecule has 2 rings (SSSR count). The number of carboxylic acid groups (broad SMARTS) is 1. The van der Waals surface area contributed by atoms with Crippen molar-refractivity contribution in [1.29, 1.82) is 0 Å². The van der Waals surface area contributed by atoms with Crippen molar-refractivity contribution < 1.29 is 14.3 Å². The molecule has 0 aliphatic rings. The van der Waals surface area contributed by atoms with Crippen molar-refractivity contribution in [1.82, 2.24) is 5.32 Å². The normalized spacial score (nSPS) is 10.5. The summed E-state index contributed by atoms with van der Waals surface area (Å²) in [5.74, 6) is -1.16. The highest BCUT2D eigenvalue weighted by molar-refractivity contribution is 7.13. The number of hydrogen-bond donors (Lipinski definition) is 2. The lowest BCUT2D eigenvalue weighted by Crippen LogP contribution is -2.11. The van der Waals surface area contributed by atoms with Crippen LogP contribution >= 0.6 is 11.3 Å². The van der Waals surface area contributed by atoms with Gasteiger partial charge in [-0.05, 0) is 29.8 Å². The van der Waals surface area contributed by atoms with Gasteiger partial charge < -0.3 is 10.4 Å². The summed E-state index contributed by atoms with van der Waals surface area (Å²) < 4.78 is 12.9. The number of halogens is 1.